The third-order valence-corrected chi connectivity index (χ3v) is 2.05. The summed E-state index contributed by atoms with van der Waals surface area (Å²) in [5, 5.41) is 11.7. The summed E-state index contributed by atoms with van der Waals surface area (Å²) >= 11 is 0. The Balaban J connectivity index is 1.80. The van der Waals surface area contributed by atoms with Crippen LogP contribution in [-0.2, 0) is 6.54 Å². The van der Waals surface area contributed by atoms with Crippen LogP contribution in [0.15, 0.2) is 42.7 Å². The zero-order valence-corrected chi connectivity index (χ0v) is 8.60. The standard InChI is InChI=1S/C11H12N4O/c16-11(15-10-7-13-14-8-10)12-6-9-4-2-1-3-5-9/h1-5,7-8H,6H2,(H,13,14)(H2,12,15,16). The predicted octanol–water partition coefficient (Wildman–Crippen LogP) is 1.73. The Bertz CT molecular complexity index is 438. The Morgan fingerprint density at radius 2 is 2.12 bits per heavy atom. The number of carbonyl (C=O) groups is 1. The van der Waals surface area contributed by atoms with Crippen molar-refractivity contribution in [2.75, 3.05) is 5.32 Å². The van der Waals surface area contributed by atoms with Crippen LogP contribution in [0, 0.1) is 0 Å². The molecule has 0 aliphatic carbocycles. The van der Waals surface area contributed by atoms with Crippen LogP contribution in [0.25, 0.3) is 0 Å². The zero-order chi connectivity index (χ0) is 11.2. The molecular weight excluding hydrogens is 204 g/mol. The van der Waals surface area contributed by atoms with E-state index >= 15 is 0 Å². The molecule has 0 saturated heterocycles. The second-order valence-corrected chi connectivity index (χ2v) is 3.28. The van der Waals surface area contributed by atoms with Gasteiger partial charge in [-0.05, 0) is 5.56 Å². The van der Waals surface area contributed by atoms with Gasteiger partial charge in [-0.15, -0.1) is 0 Å². The van der Waals surface area contributed by atoms with E-state index in [1.165, 1.54) is 0 Å². The zero-order valence-electron chi connectivity index (χ0n) is 8.60. The highest BCUT2D eigenvalue weighted by molar-refractivity contribution is 5.88. The average molecular weight is 216 g/mol. The van der Waals surface area contributed by atoms with Gasteiger partial charge in [-0.25, -0.2) is 4.79 Å². The first-order valence-electron chi connectivity index (χ1n) is 4.92. The number of H-pyrrole nitrogens is 1. The van der Waals surface area contributed by atoms with Gasteiger partial charge in [-0.2, -0.15) is 5.10 Å². The molecule has 0 aliphatic heterocycles. The lowest BCUT2D eigenvalue weighted by molar-refractivity contribution is 0.251. The number of aromatic amines is 1. The van der Waals surface area contributed by atoms with E-state index in [1.807, 2.05) is 30.3 Å². The molecule has 0 fully saturated rings. The molecule has 82 valence electrons. The topological polar surface area (TPSA) is 69.8 Å². The monoisotopic (exact) mass is 216 g/mol. The minimum Gasteiger partial charge on any atom is -0.334 e. The molecule has 0 radical (unpaired) electrons. The number of hydrogen-bond acceptors (Lipinski definition) is 2. The first kappa shape index (κ1) is 10.2. The second kappa shape index (κ2) is 4.97. The molecule has 16 heavy (non-hydrogen) atoms. The van der Waals surface area contributed by atoms with Gasteiger partial charge >= 0.3 is 6.03 Å². The van der Waals surface area contributed by atoms with Gasteiger partial charge in [-0.1, -0.05) is 30.3 Å². The number of nitrogens with zero attached hydrogens (tertiary/aromatic N) is 1. The maximum absolute atomic E-state index is 11.4. The van der Waals surface area contributed by atoms with Gasteiger partial charge in [0.25, 0.3) is 0 Å². The largest absolute Gasteiger partial charge is 0.334 e. The fraction of sp³-hybridized carbons (Fsp3) is 0.0909. The molecule has 0 aliphatic rings. The number of hydrogen-bond donors (Lipinski definition) is 3. The van der Waals surface area contributed by atoms with Crippen molar-refractivity contribution >= 4 is 11.7 Å². The summed E-state index contributed by atoms with van der Waals surface area (Å²) in [6.07, 6.45) is 3.16. The summed E-state index contributed by atoms with van der Waals surface area (Å²) in [7, 11) is 0. The van der Waals surface area contributed by atoms with Crippen LogP contribution in [0.5, 0.6) is 0 Å². The van der Waals surface area contributed by atoms with Gasteiger partial charge in [-0.3, -0.25) is 5.10 Å². The minimum atomic E-state index is -0.245. The first-order chi connectivity index (χ1) is 7.84. The molecule has 2 amide bonds. The molecular formula is C11H12N4O. The van der Waals surface area contributed by atoms with Gasteiger partial charge in [0.15, 0.2) is 0 Å². The highest BCUT2D eigenvalue weighted by atomic mass is 16.2. The van der Waals surface area contributed by atoms with E-state index < -0.39 is 0 Å². The number of aromatic nitrogens is 2. The maximum Gasteiger partial charge on any atom is 0.319 e. The summed E-state index contributed by atoms with van der Waals surface area (Å²) in [6, 6.07) is 9.48. The Labute approximate surface area is 92.9 Å². The summed E-state index contributed by atoms with van der Waals surface area (Å²) in [5.41, 5.74) is 1.70. The van der Waals surface area contributed by atoms with Gasteiger partial charge < -0.3 is 10.6 Å². The quantitative estimate of drug-likeness (QED) is 0.731. The Kier molecular flexibility index (Phi) is 3.18. The molecule has 5 heteroatoms. The maximum atomic E-state index is 11.4. The van der Waals surface area contributed by atoms with Crippen molar-refractivity contribution in [1.82, 2.24) is 15.5 Å². The van der Waals surface area contributed by atoms with Gasteiger partial charge in [0, 0.05) is 12.7 Å². The van der Waals surface area contributed by atoms with Crippen LogP contribution < -0.4 is 10.6 Å². The third-order valence-electron chi connectivity index (χ3n) is 2.05. The highest BCUT2D eigenvalue weighted by Gasteiger charge is 2.01. The van der Waals surface area contributed by atoms with Crippen molar-refractivity contribution in [2.24, 2.45) is 0 Å². The van der Waals surface area contributed by atoms with E-state index in [9.17, 15) is 4.79 Å². The lowest BCUT2D eigenvalue weighted by Gasteiger charge is -2.05. The van der Waals surface area contributed by atoms with E-state index in [0.29, 0.717) is 12.2 Å². The van der Waals surface area contributed by atoms with E-state index in [-0.39, 0.29) is 6.03 Å². The van der Waals surface area contributed by atoms with Crippen molar-refractivity contribution in [3.05, 3.63) is 48.3 Å². The SMILES string of the molecule is O=C(NCc1ccccc1)Nc1cn[nH]c1. The lowest BCUT2D eigenvalue weighted by Crippen LogP contribution is -2.27. The van der Waals surface area contributed by atoms with Crippen molar-refractivity contribution in [3.8, 4) is 0 Å². The van der Waals surface area contributed by atoms with Crippen molar-refractivity contribution < 1.29 is 4.79 Å². The molecule has 0 atom stereocenters. The molecule has 3 N–H and O–H groups in total. The molecule has 5 nitrogen and oxygen atoms in total. The normalized spacial score (nSPS) is 9.75. The number of benzene rings is 1. The molecule has 0 bridgehead atoms. The second-order valence-electron chi connectivity index (χ2n) is 3.28. The minimum absolute atomic E-state index is 0.245. The van der Waals surface area contributed by atoms with Crippen LogP contribution in [0.4, 0.5) is 10.5 Å². The van der Waals surface area contributed by atoms with E-state index in [0.717, 1.165) is 5.56 Å². The lowest BCUT2D eigenvalue weighted by atomic mass is 10.2. The number of carbonyl (C=O) groups excluding carboxylic acids is 1. The third kappa shape index (κ3) is 2.84. The molecule has 2 aromatic rings. The number of nitrogens with one attached hydrogen (secondary N) is 3. The molecule has 0 spiro atoms. The van der Waals surface area contributed by atoms with Crippen molar-refractivity contribution in [2.45, 2.75) is 6.54 Å². The number of urea groups is 1. The highest BCUT2D eigenvalue weighted by Crippen LogP contribution is 2.01. The summed E-state index contributed by atoms with van der Waals surface area (Å²) in [4.78, 5) is 11.4. The summed E-state index contributed by atoms with van der Waals surface area (Å²) in [6.45, 7) is 0.504. The van der Waals surface area contributed by atoms with Crippen LogP contribution >= 0.6 is 0 Å². The van der Waals surface area contributed by atoms with Gasteiger partial charge in [0.1, 0.15) is 0 Å². The fourth-order valence-electron chi connectivity index (χ4n) is 1.27. The number of amides is 2. The van der Waals surface area contributed by atoms with Crippen LogP contribution in [0.2, 0.25) is 0 Å². The number of anilines is 1. The average Bonchev–Trinajstić information content (AvgIpc) is 2.81. The van der Waals surface area contributed by atoms with E-state index in [2.05, 4.69) is 20.8 Å². The number of rotatable bonds is 3. The smallest absolute Gasteiger partial charge is 0.319 e. The molecule has 2 rings (SSSR count). The predicted molar refractivity (Wildman–Crippen MR) is 60.9 cm³/mol. The molecule has 1 aromatic carbocycles. The Morgan fingerprint density at radius 3 is 2.81 bits per heavy atom. The fourth-order valence-corrected chi connectivity index (χ4v) is 1.27. The van der Waals surface area contributed by atoms with E-state index in [1.54, 1.807) is 12.4 Å². The first-order valence-corrected chi connectivity index (χ1v) is 4.92. The van der Waals surface area contributed by atoms with Crippen LogP contribution in [-0.4, -0.2) is 16.2 Å². The van der Waals surface area contributed by atoms with Crippen LogP contribution in [0.1, 0.15) is 5.56 Å². The van der Waals surface area contributed by atoms with Crippen molar-refractivity contribution in [3.63, 3.8) is 0 Å². The Hall–Kier alpha value is -2.30. The molecule has 0 unspecified atom stereocenters. The van der Waals surface area contributed by atoms with Gasteiger partial charge in [0.2, 0.25) is 0 Å². The molecule has 1 aromatic heterocycles. The van der Waals surface area contributed by atoms with E-state index in [4.69, 9.17) is 0 Å². The summed E-state index contributed by atoms with van der Waals surface area (Å²) < 4.78 is 0. The van der Waals surface area contributed by atoms with Crippen LogP contribution in [0.3, 0.4) is 0 Å². The summed E-state index contributed by atoms with van der Waals surface area (Å²) in [5.74, 6) is 0. The van der Waals surface area contributed by atoms with Crippen molar-refractivity contribution in [1.29, 1.82) is 0 Å². The molecule has 0 saturated carbocycles. The molecule has 1 heterocycles. The Morgan fingerprint density at radius 1 is 1.31 bits per heavy atom. The van der Waals surface area contributed by atoms with Gasteiger partial charge in [0.05, 0.1) is 11.9 Å².